The number of rotatable bonds is 2. The Kier molecular flexibility index (Phi) is 6.24. The summed E-state index contributed by atoms with van der Waals surface area (Å²) in [7, 11) is 0. The number of benzene rings is 1. The normalized spacial score (nSPS) is 21.2. The van der Waals surface area contributed by atoms with Gasteiger partial charge in [-0.2, -0.15) is 13.2 Å². The first-order valence-corrected chi connectivity index (χ1v) is 9.20. The number of pyridine rings is 1. The van der Waals surface area contributed by atoms with Gasteiger partial charge in [0.05, 0.1) is 17.6 Å². The molecule has 5 nitrogen and oxygen atoms in total. The van der Waals surface area contributed by atoms with Gasteiger partial charge in [0.25, 0.3) is 0 Å². The molecule has 2 atom stereocenters. The lowest BCUT2D eigenvalue weighted by Crippen LogP contribution is -2.40. The molecule has 0 bridgehead atoms. The van der Waals surface area contributed by atoms with Crippen LogP contribution in [-0.2, 0) is 4.79 Å². The van der Waals surface area contributed by atoms with E-state index in [4.69, 9.17) is 9.90 Å². The molecular weight excluding hydrogens is 390 g/mol. The van der Waals surface area contributed by atoms with Crippen molar-refractivity contribution in [2.75, 3.05) is 36.0 Å². The average molecular weight is 411 g/mol. The van der Waals surface area contributed by atoms with Gasteiger partial charge in [0.15, 0.2) is 0 Å². The van der Waals surface area contributed by atoms with Gasteiger partial charge >= 0.3 is 12.1 Å². The standard InChI is InChI=1S/C18H20FN3.C2HF3O2/c19-17-5-1-2-6-18(17)22-11-14-7-9-21(12-15(14)13-22)16-4-3-8-20-10-16;3-2(4,5)1(6)7/h1-6,8,10,14-15H,7,9,11-13H2;(H,6,7)/t14-,15+;/m1./s1. The predicted molar refractivity (Wildman–Crippen MR) is 100 cm³/mol. The molecule has 0 saturated carbocycles. The Bertz CT molecular complexity index is 832. The summed E-state index contributed by atoms with van der Waals surface area (Å²) < 4.78 is 45.7. The molecule has 1 aromatic carbocycles. The molecule has 3 heterocycles. The third-order valence-electron chi connectivity index (χ3n) is 5.25. The van der Waals surface area contributed by atoms with E-state index in [9.17, 15) is 17.6 Å². The third kappa shape index (κ3) is 5.16. The minimum absolute atomic E-state index is 0.106. The van der Waals surface area contributed by atoms with Crippen molar-refractivity contribution in [1.82, 2.24) is 4.98 Å². The molecule has 2 aliphatic heterocycles. The van der Waals surface area contributed by atoms with E-state index in [1.807, 2.05) is 30.6 Å². The Morgan fingerprint density at radius 1 is 1.03 bits per heavy atom. The first-order valence-electron chi connectivity index (χ1n) is 9.20. The fourth-order valence-corrected chi connectivity index (χ4v) is 3.85. The van der Waals surface area contributed by atoms with Crippen molar-refractivity contribution in [3.8, 4) is 0 Å². The number of aromatic nitrogens is 1. The Balaban J connectivity index is 0.000000298. The van der Waals surface area contributed by atoms with Crippen LogP contribution in [0.1, 0.15) is 6.42 Å². The van der Waals surface area contributed by atoms with Gasteiger partial charge in [-0.15, -0.1) is 0 Å². The van der Waals surface area contributed by atoms with Gasteiger partial charge < -0.3 is 14.9 Å². The van der Waals surface area contributed by atoms with Gasteiger partial charge in [0.2, 0.25) is 0 Å². The molecule has 29 heavy (non-hydrogen) atoms. The van der Waals surface area contributed by atoms with E-state index in [0.29, 0.717) is 11.8 Å². The van der Waals surface area contributed by atoms with Crippen LogP contribution >= 0.6 is 0 Å². The van der Waals surface area contributed by atoms with Gasteiger partial charge in [-0.25, -0.2) is 9.18 Å². The highest BCUT2D eigenvalue weighted by atomic mass is 19.4. The third-order valence-corrected chi connectivity index (χ3v) is 5.25. The molecule has 2 fully saturated rings. The average Bonchev–Trinajstić information content (AvgIpc) is 3.12. The molecule has 0 aliphatic carbocycles. The van der Waals surface area contributed by atoms with Crippen molar-refractivity contribution in [1.29, 1.82) is 0 Å². The lowest BCUT2D eigenvalue weighted by Gasteiger charge is -2.35. The summed E-state index contributed by atoms with van der Waals surface area (Å²) in [6, 6.07) is 11.2. The Hall–Kier alpha value is -2.84. The van der Waals surface area contributed by atoms with Crippen LogP contribution in [0.3, 0.4) is 0 Å². The van der Waals surface area contributed by atoms with Crippen LogP contribution in [0.25, 0.3) is 0 Å². The summed E-state index contributed by atoms with van der Waals surface area (Å²) in [6.45, 7) is 4.04. The van der Waals surface area contributed by atoms with Crippen LogP contribution in [0.5, 0.6) is 0 Å². The van der Waals surface area contributed by atoms with Crippen LogP contribution in [0, 0.1) is 17.7 Å². The zero-order chi connectivity index (χ0) is 21.0. The minimum Gasteiger partial charge on any atom is -0.475 e. The number of hydrogen-bond acceptors (Lipinski definition) is 4. The molecule has 2 aliphatic rings. The minimum atomic E-state index is -5.08. The van der Waals surface area contributed by atoms with Crippen LogP contribution in [-0.4, -0.2) is 48.4 Å². The number of piperidine rings is 1. The van der Waals surface area contributed by atoms with Crippen molar-refractivity contribution in [3.63, 3.8) is 0 Å². The van der Waals surface area contributed by atoms with E-state index in [0.717, 1.165) is 31.9 Å². The van der Waals surface area contributed by atoms with Gasteiger partial charge in [-0.3, -0.25) is 4.98 Å². The number of carboxylic acid groups (broad SMARTS) is 1. The maximum Gasteiger partial charge on any atom is 0.490 e. The van der Waals surface area contributed by atoms with Crippen LogP contribution in [0.4, 0.5) is 28.9 Å². The lowest BCUT2D eigenvalue weighted by atomic mass is 9.88. The smallest absolute Gasteiger partial charge is 0.475 e. The summed E-state index contributed by atoms with van der Waals surface area (Å²) >= 11 is 0. The van der Waals surface area contributed by atoms with Crippen molar-refractivity contribution in [3.05, 3.63) is 54.6 Å². The first-order chi connectivity index (χ1) is 13.8. The number of hydrogen-bond donors (Lipinski definition) is 1. The zero-order valence-corrected chi connectivity index (χ0v) is 15.5. The van der Waals surface area contributed by atoms with Crippen molar-refractivity contribution in [2.45, 2.75) is 12.6 Å². The maximum absolute atomic E-state index is 14.0. The van der Waals surface area contributed by atoms with Crippen molar-refractivity contribution < 1.29 is 27.5 Å². The number of nitrogens with zero attached hydrogens (tertiary/aromatic N) is 3. The van der Waals surface area contributed by atoms with Gasteiger partial charge in [0, 0.05) is 32.4 Å². The zero-order valence-electron chi connectivity index (χ0n) is 15.5. The fraction of sp³-hybridized carbons (Fsp3) is 0.400. The molecular formula is C20H21F4N3O2. The molecule has 2 aromatic rings. The highest BCUT2D eigenvalue weighted by molar-refractivity contribution is 5.73. The van der Waals surface area contributed by atoms with Crippen molar-refractivity contribution >= 4 is 17.3 Å². The molecule has 156 valence electrons. The second kappa shape index (κ2) is 8.67. The molecule has 0 amide bonds. The highest BCUT2D eigenvalue weighted by Crippen LogP contribution is 2.36. The van der Waals surface area contributed by atoms with E-state index in [2.05, 4.69) is 20.9 Å². The quantitative estimate of drug-likeness (QED) is 0.762. The van der Waals surface area contributed by atoms with Gasteiger partial charge in [-0.05, 0) is 42.5 Å². The molecule has 9 heteroatoms. The lowest BCUT2D eigenvalue weighted by molar-refractivity contribution is -0.192. The molecule has 1 N–H and O–H groups in total. The molecule has 1 aromatic heterocycles. The van der Waals surface area contributed by atoms with Crippen LogP contribution < -0.4 is 9.80 Å². The monoisotopic (exact) mass is 411 g/mol. The molecule has 0 radical (unpaired) electrons. The largest absolute Gasteiger partial charge is 0.490 e. The van der Waals surface area contributed by atoms with Crippen LogP contribution in [0.15, 0.2) is 48.8 Å². The number of carbonyl (C=O) groups is 1. The van der Waals surface area contributed by atoms with Gasteiger partial charge in [-0.1, -0.05) is 12.1 Å². The van der Waals surface area contributed by atoms with E-state index in [1.165, 1.54) is 12.1 Å². The Morgan fingerprint density at radius 3 is 2.31 bits per heavy atom. The van der Waals surface area contributed by atoms with E-state index >= 15 is 0 Å². The number of fused-ring (bicyclic) bond motifs is 1. The molecule has 2 saturated heterocycles. The van der Waals surface area contributed by atoms with E-state index in [1.54, 1.807) is 12.1 Å². The fourth-order valence-electron chi connectivity index (χ4n) is 3.85. The summed E-state index contributed by atoms with van der Waals surface area (Å²) in [6.07, 6.45) is -0.167. The maximum atomic E-state index is 14.0. The number of anilines is 2. The summed E-state index contributed by atoms with van der Waals surface area (Å²) in [4.78, 5) is 17.7. The Morgan fingerprint density at radius 2 is 1.69 bits per heavy atom. The summed E-state index contributed by atoms with van der Waals surface area (Å²) in [5, 5.41) is 7.12. The first kappa shape index (κ1) is 20.9. The number of aliphatic carboxylic acids is 1. The number of alkyl halides is 3. The number of para-hydroxylation sites is 1. The molecule has 4 rings (SSSR count). The Labute approximate surface area is 165 Å². The summed E-state index contributed by atoms with van der Waals surface area (Å²) in [5.74, 6) is -1.58. The van der Waals surface area contributed by atoms with E-state index < -0.39 is 12.1 Å². The molecule has 0 spiro atoms. The van der Waals surface area contributed by atoms with Crippen molar-refractivity contribution in [2.24, 2.45) is 11.8 Å². The number of carboxylic acids is 1. The number of halogens is 4. The van der Waals surface area contributed by atoms with Gasteiger partial charge in [0.1, 0.15) is 5.82 Å². The SMILES string of the molecule is Fc1ccccc1N1C[C@H]2CCN(c3cccnc3)C[C@H]2C1.O=C(O)C(F)(F)F. The second-order valence-electron chi connectivity index (χ2n) is 7.13. The predicted octanol–water partition coefficient (Wildman–Crippen LogP) is 3.82. The topological polar surface area (TPSA) is 56.7 Å². The molecule has 0 unspecified atom stereocenters. The highest BCUT2D eigenvalue weighted by Gasteiger charge is 2.38. The summed E-state index contributed by atoms with van der Waals surface area (Å²) in [5.41, 5.74) is 1.95. The van der Waals surface area contributed by atoms with Crippen LogP contribution in [0.2, 0.25) is 0 Å². The van der Waals surface area contributed by atoms with E-state index in [-0.39, 0.29) is 5.82 Å². The second-order valence-corrected chi connectivity index (χ2v) is 7.13.